The molecule has 1 heterocycles. The molecule has 1 aromatic carbocycles. The van der Waals surface area contributed by atoms with Gasteiger partial charge in [-0.15, -0.1) is 0 Å². The first kappa shape index (κ1) is 12.0. The topological polar surface area (TPSA) is 61.4 Å². The molecule has 3 unspecified atom stereocenters. The van der Waals surface area contributed by atoms with Crippen LogP contribution in [-0.4, -0.2) is 17.1 Å². The monoisotopic (exact) mass is 238 g/mol. The number of hydrazine groups is 1. The van der Waals surface area contributed by atoms with Crippen LogP contribution in [0.4, 0.5) is 4.39 Å². The van der Waals surface area contributed by atoms with Gasteiger partial charge in [0, 0.05) is 12.0 Å². The maximum absolute atomic E-state index is 12.8. The van der Waals surface area contributed by atoms with Gasteiger partial charge in [0.15, 0.2) is 0 Å². The van der Waals surface area contributed by atoms with Gasteiger partial charge in [0.1, 0.15) is 5.82 Å². The van der Waals surface area contributed by atoms with E-state index in [1.165, 1.54) is 12.1 Å². The molecule has 0 saturated carbocycles. The van der Waals surface area contributed by atoms with E-state index < -0.39 is 5.97 Å². The zero-order valence-corrected chi connectivity index (χ0v) is 9.48. The molecule has 17 heavy (non-hydrogen) atoms. The van der Waals surface area contributed by atoms with Crippen molar-refractivity contribution < 1.29 is 14.3 Å². The maximum atomic E-state index is 12.8. The first-order valence-electron chi connectivity index (χ1n) is 5.56. The van der Waals surface area contributed by atoms with Crippen LogP contribution in [0.5, 0.6) is 0 Å². The third-order valence-corrected chi connectivity index (χ3v) is 3.18. The maximum Gasteiger partial charge on any atom is 0.303 e. The van der Waals surface area contributed by atoms with Gasteiger partial charge in [-0.25, -0.2) is 9.82 Å². The molecule has 1 aliphatic rings. The van der Waals surface area contributed by atoms with Crippen LogP contribution < -0.4 is 10.9 Å². The fourth-order valence-electron chi connectivity index (χ4n) is 2.22. The Balaban J connectivity index is 2.19. The third-order valence-electron chi connectivity index (χ3n) is 3.18. The van der Waals surface area contributed by atoms with Crippen LogP contribution in [0.2, 0.25) is 0 Å². The molecule has 0 radical (unpaired) electrons. The zero-order chi connectivity index (χ0) is 12.4. The molecule has 4 nitrogen and oxygen atoms in total. The van der Waals surface area contributed by atoms with Crippen molar-refractivity contribution in [3.63, 3.8) is 0 Å². The normalized spacial score (nSPS) is 28.2. The van der Waals surface area contributed by atoms with E-state index in [1.807, 2.05) is 6.92 Å². The largest absolute Gasteiger partial charge is 0.481 e. The van der Waals surface area contributed by atoms with Crippen molar-refractivity contribution >= 4 is 5.97 Å². The van der Waals surface area contributed by atoms with Crippen LogP contribution in [0.25, 0.3) is 0 Å². The SMILES string of the molecule is CC1NNC(c2ccc(F)cc2)C1CC(=O)O. The van der Waals surface area contributed by atoms with E-state index in [9.17, 15) is 9.18 Å². The highest BCUT2D eigenvalue weighted by molar-refractivity contribution is 5.67. The molecule has 1 saturated heterocycles. The van der Waals surface area contributed by atoms with Crippen molar-refractivity contribution in [3.05, 3.63) is 35.6 Å². The predicted octanol–water partition coefficient (Wildman–Crippen LogP) is 1.45. The summed E-state index contributed by atoms with van der Waals surface area (Å²) in [5.41, 5.74) is 6.99. The van der Waals surface area contributed by atoms with Gasteiger partial charge in [-0.3, -0.25) is 10.2 Å². The lowest BCUT2D eigenvalue weighted by Gasteiger charge is -2.19. The summed E-state index contributed by atoms with van der Waals surface area (Å²) in [7, 11) is 0. The standard InChI is InChI=1S/C12H15FN2O2/c1-7-10(6-11(16)17)12(15-14-7)8-2-4-9(13)5-3-8/h2-5,7,10,12,14-15H,6H2,1H3,(H,16,17). The Morgan fingerprint density at radius 2 is 2.00 bits per heavy atom. The summed E-state index contributed by atoms with van der Waals surface area (Å²) < 4.78 is 12.8. The lowest BCUT2D eigenvalue weighted by Crippen LogP contribution is -2.29. The number of carboxylic acid groups (broad SMARTS) is 1. The highest BCUT2D eigenvalue weighted by Gasteiger charge is 2.35. The van der Waals surface area contributed by atoms with Crippen molar-refractivity contribution in [2.75, 3.05) is 0 Å². The van der Waals surface area contributed by atoms with Crippen molar-refractivity contribution in [3.8, 4) is 0 Å². The van der Waals surface area contributed by atoms with Crippen LogP contribution in [0, 0.1) is 11.7 Å². The number of nitrogens with one attached hydrogen (secondary N) is 2. The molecule has 3 atom stereocenters. The predicted molar refractivity (Wildman–Crippen MR) is 60.6 cm³/mol. The number of benzene rings is 1. The van der Waals surface area contributed by atoms with Crippen LogP contribution >= 0.6 is 0 Å². The van der Waals surface area contributed by atoms with E-state index in [0.29, 0.717) is 0 Å². The lowest BCUT2D eigenvalue weighted by atomic mass is 9.88. The Morgan fingerprint density at radius 1 is 1.35 bits per heavy atom. The van der Waals surface area contributed by atoms with Crippen molar-refractivity contribution in [2.45, 2.75) is 25.4 Å². The van der Waals surface area contributed by atoms with Gasteiger partial charge in [0.2, 0.25) is 0 Å². The summed E-state index contributed by atoms with van der Waals surface area (Å²) in [6, 6.07) is 6.11. The van der Waals surface area contributed by atoms with E-state index in [2.05, 4.69) is 10.9 Å². The number of rotatable bonds is 3. The molecule has 92 valence electrons. The van der Waals surface area contributed by atoms with E-state index in [0.717, 1.165) is 5.56 Å². The van der Waals surface area contributed by atoms with Gasteiger partial charge in [-0.2, -0.15) is 0 Å². The van der Waals surface area contributed by atoms with Gasteiger partial charge < -0.3 is 5.11 Å². The van der Waals surface area contributed by atoms with Gasteiger partial charge in [-0.05, 0) is 24.6 Å². The minimum atomic E-state index is -0.820. The molecule has 1 aliphatic heterocycles. The lowest BCUT2D eigenvalue weighted by molar-refractivity contribution is -0.138. The fourth-order valence-corrected chi connectivity index (χ4v) is 2.22. The molecule has 0 amide bonds. The first-order chi connectivity index (χ1) is 8.08. The molecule has 0 aliphatic carbocycles. The number of hydrogen-bond acceptors (Lipinski definition) is 3. The van der Waals surface area contributed by atoms with Crippen LogP contribution in [-0.2, 0) is 4.79 Å². The number of hydrogen-bond donors (Lipinski definition) is 3. The third kappa shape index (κ3) is 2.62. The Bertz CT molecular complexity index is 407. The average molecular weight is 238 g/mol. The summed E-state index contributed by atoms with van der Waals surface area (Å²) in [6.45, 7) is 1.93. The van der Waals surface area contributed by atoms with E-state index in [-0.39, 0.29) is 30.2 Å². The molecule has 0 bridgehead atoms. The van der Waals surface area contributed by atoms with Crippen LogP contribution in [0.1, 0.15) is 24.9 Å². The number of aliphatic carboxylic acids is 1. The molecular weight excluding hydrogens is 223 g/mol. The number of carbonyl (C=O) groups is 1. The number of halogens is 1. The highest BCUT2D eigenvalue weighted by Crippen LogP contribution is 2.31. The molecular formula is C12H15FN2O2. The quantitative estimate of drug-likeness (QED) is 0.746. The second kappa shape index (κ2) is 4.81. The van der Waals surface area contributed by atoms with Crippen LogP contribution in [0.3, 0.4) is 0 Å². The van der Waals surface area contributed by atoms with Gasteiger partial charge in [0.05, 0.1) is 12.5 Å². The Kier molecular flexibility index (Phi) is 3.40. The minimum Gasteiger partial charge on any atom is -0.481 e. The molecule has 3 N–H and O–H groups in total. The van der Waals surface area contributed by atoms with Gasteiger partial charge in [0.25, 0.3) is 0 Å². The second-order valence-corrected chi connectivity index (χ2v) is 4.37. The average Bonchev–Trinajstić information content (AvgIpc) is 2.61. The van der Waals surface area contributed by atoms with E-state index >= 15 is 0 Å². The van der Waals surface area contributed by atoms with Gasteiger partial charge in [-0.1, -0.05) is 12.1 Å². The van der Waals surface area contributed by atoms with Crippen LogP contribution in [0.15, 0.2) is 24.3 Å². The molecule has 1 fully saturated rings. The summed E-state index contributed by atoms with van der Waals surface area (Å²) in [6.07, 6.45) is 0.0865. The van der Waals surface area contributed by atoms with Gasteiger partial charge >= 0.3 is 5.97 Å². The molecule has 0 aromatic heterocycles. The summed E-state index contributed by atoms with van der Waals surface area (Å²) in [5.74, 6) is -1.15. The summed E-state index contributed by atoms with van der Waals surface area (Å²) in [5, 5.41) is 8.88. The van der Waals surface area contributed by atoms with Crippen molar-refractivity contribution in [2.24, 2.45) is 5.92 Å². The Morgan fingerprint density at radius 3 is 2.59 bits per heavy atom. The van der Waals surface area contributed by atoms with Crippen molar-refractivity contribution in [1.82, 2.24) is 10.9 Å². The molecule has 1 aromatic rings. The fraction of sp³-hybridized carbons (Fsp3) is 0.417. The highest BCUT2D eigenvalue weighted by atomic mass is 19.1. The summed E-state index contributed by atoms with van der Waals surface area (Å²) in [4.78, 5) is 10.8. The second-order valence-electron chi connectivity index (χ2n) is 4.37. The minimum absolute atomic E-state index is 0.0436. The molecule has 0 spiro atoms. The van der Waals surface area contributed by atoms with E-state index in [1.54, 1.807) is 12.1 Å². The molecule has 2 rings (SSSR count). The van der Waals surface area contributed by atoms with E-state index in [4.69, 9.17) is 5.11 Å². The molecule has 5 heteroatoms. The summed E-state index contributed by atoms with van der Waals surface area (Å²) >= 11 is 0. The number of carboxylic acids is 1. The Hall–Kier alpha value is -1.46. The smallest absolute Gasteiger partial charge is 0.303 e. The first-order valence-corrected chi connectivity index (χ1v) is 5.56. The Labute approximate surface area is 98.8 Å². The zero-order valence-electron chi connectivity index (χ0n) is 9.48. The van der Waals surface area contributed by atoms with Crippen molar-refractivity contribution in [1.29, 1.82) is 0 Å².